The van der Waals surface area contributed by atoms with Crippen LogP contribution in [0.1, 0.15) is 75.7 Å². The van der Waals surface area contributed by atoms with Crippen LogP contribution in [0.15, 0.2) is 0 Å². The molecular weight excluding hydrogens is 551 g/mol. The summed E-state index contributed by atoms with van der Waals surface area (Å²) in [5.41, 5.74) is -0.473. The van der Waals surface area contributed by atoms with E-state index in [9.17, 15) is 15.6 Å². The van der Waals surface area contributed by atoms with Crippen LogP contribution >= 0.6 is 0 Å². The normalized spacial score (nSPS) is 21.9. The molecule has 1 fully saturated rings. The zero-order valence-corrected chi connectivity index (χ0v) is 23.6. The molecule has 1 aliphatic heterocycles. The van der Waals surface area contributed by atoms with E-state index in [0.29, 0.717) is 23.4 Å². The van der Waals surface area contributed by atoms with Crippen LogP contribution in [0.5, 0.6) is 0 Å². The van der Waals surface area contributed by atoms with Crippen molar-refractivity contribution in [2.24, 2.45) is 0 Å². The van der Waals surface area contributed by atoms with Gasteiger partial charge in [0, 0.05) is 12.1 Å². The molecular formula is C19H41IN6O7-4. The summed E-state index contributed by atoms with van der Waals surface area (Å²) in [6.45, 7) is 18.6. The fourth-order valence-electron chi connectivity index (χ4n) is 2.65. The quantitative estimate of drug-likeness (QED) is 0.0619. The molecule has 0 amide bonds. The summed E-state index contributed by atoms with van der Waals surface area (Å²) in [6, 6.07) is -0.203. The van der Waals surface area contributed by atoms with Crippen LogP contribution in [0.3, 0.4) is 0 Å². The molecule has 14 heteroatoms. The Morgan fingerprint density at radius 2 is 1.61 bits per heavy atom. The van der Waals surface area contributed by atoms with Crippen LogP contribution in [0.25, 0.3) is 0 Å². The number of hydrogen-bond donors (Lipinski definition) is 2. The summed E-state index contributed by atoms with van der Waals surface area (Å²) in [6.07, 6.45) is 0.426. The Balaban J connectivity index is 2.40. The monoisotopic (exact) mass is 592 g/mol. The van der Waals surface area contributed by atoms with Gasteiger partial charge in [0.05, 0.1) is 0 Å². The Morgan fingerprint density at radius 1 is 1.00 bits per heavy atom. The first-order chi connectivity index (χ1) is 14.9. The van der Waals surface area contributed by atoms with Gasteiger partial charge in [-0.2, -0.15) is 0 Å². The average Bonchev–Trinajstić information content (AvgIpc) is 3.44. The number of halogens is 1. The minimum absolute atomic E-state index is 0.00541. The smallest absolute Gasteiger partial charge is 0.771 e. The molecule has 0 saturated carbocycles. The molecule has 1 rings (SSSR count). The molecule has 1 heterocycles. The van der Waals surface area contributed by atoms with Gasteiger partial charge in [0.15, 0.2) is 0 Å². The summed E-state index contributed by atoms with van der Waals surface area (Å²) in [5.74, 6) is 0. The molecule has 0 radical (unpaired) electrons. The summed E-state index contributed by atoms with van der Waals surface area (Å²) in [5, 5.41) is 40.0. The first kappa shape index (κ1) is 31.2. The summed E-state index contributed by atoms with van der Waals surface area (Å²) < 4.78 is 14.0. The average molecular weight is 592 g/mol. The van der Waals surface area contributed by atoms with Crippen LogP contribution in [0, 0.1) is 15.6 Å². The van der Waals surface area contributed by atoms with Crippen molar-refractivity contribution >= 4 is 0 Å². The first-order valence-corrected chi connectivity index (χ1v) is 12.8. The van der Waals surface area contributed by atoms with Crippen molar-refractivity contribution < 1.29 is 39.6 Å². The summed E-state index contributed by atoms with van der Waals surface area (Å²) in [4.78, 5) is 10.1. The van der Waals surface area contributed by atoms with E-state index in [1.807, 2.05) is 27.7 Å². The van der Waals surface area contributed by atoms with Crippen LogP contribution in [0.4, 0.5) is 0 Å². The number of nitrogens with zero attached hydrogens (tertiary/aromatic N) is 4. The molecule has 0 aromatic carbocycles. The van der Waals surface area contributed by atoms with Crippen LogP contribution in [0.2, 0.25) is 0 Å². The van der Waals surface area contributed by atoms with Crippen molar-refractivity contribution in [2.75, 3.05) is 19.8 Å². The second kappa shape index (κ2) is 12.4. The molecule has 1 saturated heterocycles. The van der Waals surface area contributed by atoms with Crippen LogP contribution in [-0.4, -0.2) is 68.8 Å². The van der Waals surface area contributed by atoms with E-state index >= 15 is 0 Å². The van der Waals surface area contributed by atoms with Gasteiger partial charge >= 0.3 is 161 Å². The minimum Gasteiger partial charge on any atom is -0.771 e. The molecule has 33 heavy (non-hydrogen) atoms. The van der Waals surface area contributed by atoms with Crippen LogP contribution in [-0.2, 0) is 17.7 Å². The Hall–Kier alpha value is 0.210. The molecule has 0 bridgehead atoms. The molecule has 13 nitrogen and oxygen atoms in total. The number of hydroxylamine groups is 6. The maximum atomic E-state index is 12.7. The maximum absolute atomic E-state index is 12.7. The van der Waals surface area contributed by atoms with E-state index in [0.717, 1.165) is 5.17 Å². The van der Waals surface area contributed by atoms with E-state index in [2.05, 4.69) is 9.17 Å². The van der Waals surface area contributed by atoms with Crippen molar-refractivity contribution in [3.63, 3.8) is 0 Å². The predicted molar refractivity (Wildman–Crippen MR) is 119 cm³/mol. The molecule has 2 N–H and O–H groups in total. The SMILES string of the molecule is CCC(C)(N([O-])ON[I-]OC(C)(C)C)C(C)(C)OCNON([O-])CC1CN1N([O-])C(C)(C)C. The number of hydrogen-bond acceptors (Lipinski definition) is 13. The van der Waals surface area contributed by atoms with Gasteiger partial charge in [-0.05, 0) is 20.8 Å². The van der Waals surface area contributed by atoms with Gasteiger partial charge in [-0.15, -0.1) is 0 Å². The zero-order valence-electron chi connectivity index (χ0n) is 21.4. The number of hydrazine groups is 1. The second-order valence-corrected chi connectivity index (χ2v) is 11.9. The van der Waals surface area contributed by atoms with Crippen molar-refractivity contribution in [3.05, 3.63) is 15.6 Å². The first-order valence-electron chi connectivity index (χ1n) is 10.9. The molecule has 3 unspecified atom stereocenters. The fourth-order valence-corrected chi connectivity index (χ4v) is 3.66. The van der Waals surface area contributed by atoms with Crippen molar-refractivity contribution in [1.29, 1.82) is 0 Å². The van der Waals surface area contributed by atoms with Crippen LogP contribution < -0.4 is 31.1 Å². The van der Waals surface area contributed by atoms with Gasteiger partial charge in [0.25, 0.3) is 0 Å². The minimum atomic E-state index is -1.05. The van der Waals surface area contributed by atoms with Gasteiger partial charge in [-0.3, -0.25) is 0 Å². The summed E-state index contributed by atoms with van der Waals surface area (Å²) in [7, 11) is 0. The Labute approximate surface area is 208 Å². The standard InChI is InChI=1S/C19H41IN6O7/c1-11-19(10,26(29)33-22-20-31-17(5,6)7)18(8,9)30-14-21-32-24(27)13-15-12-23(15)25(28)16(2,3)4/h15,21-22H,11-14H2,1-10H3/q-4. The van der Waals surface area contributed by atoms with Gasteiger partial charge < -0.3 is 10.4 Å². The topological polar surface area (TPSA) is 143 Å². The molecule has 3 atom stereocenters. The van der Waals surface area contributed by atoms with E-state index in [-0.39, 0.29) is 24.9 Å². The Morgan fingerprint density at radius 3 is 2.12 bits per heavy atom. The van der Waals surface area contributed by atoms with E-state index in [1.165, 1.54) is 0 Å². The molecule has 1 aliphatic rings. The molecule has 200 valence electrons. The van der Waals surface area contributed by atoms with E-state index in [1.54, 1.807) is 46.6 Å². The number of nitrogens with one attached hydrogen (secondary N) is 2. The van der Waals surface area contributed by atoms with Gasteiger partial charge in [0.2, 0.25) is 0 Å². The second-order valence-electron chi connectivity index (χ2n) is 10.6. The number of rotatable bonds is 15. The van der Waals surface area contributed by atoms with Crippen molar-refractivity contribution in [3.8, 4) is 0 Å². The number of ether oxygens (including phenoxy) is 1. The molecule has 0 aliphatic carbocycles. The van der Waals surface area contributed by atoms with Crippen molar-refractivity contribution in [2.45, 2.75) is 104 Å². The zero-order chi connectivity index (χ0) is 25.7. The Bertz CT molecular complexity index is 592. The third-order valence-corrected chi connectivity index (χ3v) is 7.24. The molecule has 0 aromatic rings. The van der Waals surface area contributed by atoms with Gasteiger partial charge in [-0.1, -0.05) is 0 Å². The molecule has 0 aromatic heterocycles. The van der Waals surface area contributed by atoms with Crippen molar-refractivity contribution in [1.82, 2.24) is 29.8 Å². The van der Waals surface area contributed by atoms with Gasteiger partial charge in [-0.25, -0.2) is 5.01 Å². The van der Waals surface area contributed by atoms with Gasteiger partial charge in [0.1, 0.15) is 0 Å². The predicted octanol–water partition coefficient (Wildman–Crippen LogP) is -0.689. The summed E-state index contributed by atoms with van der Waals surface area (Å²) >= 11 is -0.981. The third kappa shape index (κ3) is 10.0. The fraction of sp³-hybridized carbons (Fsp3) is 1.00. The third-order valence-electron chi connectivity index (χ3n) is 5.32. The van der Waals surface area contributed by atoms with E-state index < -0.39 is 38.6 Å². The van der Waals surface area contributed by atoms with E-state index in [4.69, 9.17) is 17.7 Å². The Kier molecular flexibility index (Phi) is 11.8. The molecule has 0 spiro atoms.